The molecule has 0 N–H and O–H groups in total. The summed E-state index contributed by atoms with van der Waals surface area (Å²) >= 11 is 1.68. The van der Waals surface area contributed by atoms with Gasteiger partial charge in [-0.3, -0.25) is 0 Å². The van der Waals surface area contributed by atoms with Crippen LogP contribution in [0.15, 0.2) is 70.7 Å². The van der Waals surface area contributed by atoms with E-state index in [-0.39, 0.29) is 0 Å². The van der Waals surface area contributed by atoms with Crippen LogP contribution in [-0.2, 0) is 0 Å². The number of thiazole rings is 1. The molecular formula is C21H17NOS. The Labute approximate surface area is 145 Å². The van der Waals surface area contributed by atoms with E-state index in [0.29, 0.717) is 0 Å². The molecule has 0 saturated heterocycles. The van der Waals surface area contributed by atoms with Crippen molar-refractivity contribution >= 4 is 11.3 Å². The van der Waals surface area contributed by atoms with Crippen LogP contribution < -0.4 is 0 Å². The van der Waals surface area contributed by atoms with E-state index in [2.05, 4.69) is 55.6 Å². The second-order valence-electron chi connectivity index (χ2n) is 5.91. The summed E-state index contributed by atoms with van der Waals surface area (Å²) in [5.41, 5.74) is 6.94. The minimum Gasteiger partial charge on any atom is -0.464 e. The Balaban J connectivity index is 1.73. The lowest BCUT2D eigenvalue weighted by atomic mass is 10.0. The Hall–Kier alpha value is -2.65. The maximum Gasteiger partial charge on any atom is 0.133 e. The molecule has 2 nitrogen and oxygen atoms in total. The van der Waals surface area contributed by atoms with Gasteiger partial charge in [-0.05, 0) is 43.7 Å². The highest BCUT2D eigenvalue weighted by Gasteiger charge is 2.10. The van der Waals surface area contributed by atoms with Gasteiger partial charge in [0.2, 0.25) is 0 Å². The molecule has 0 aliphatic heterocycles. The average molecular weight is 331 g/mol. The van der Waals surface area contributed by atoms with Crippen molar-refractivity contribution in [3.63, 3.8) is 0 Å². The van der Waals surface area contributed by atoms with Gasteiger partial charge in [-0.15, -0.1) is 11.3 Å². The number of furan rings is 1. The van der Waals surface area contributed by atoms with Crippen LogP contribution in [0.5, 0.6) is 0 Å². The lowest BCUT2D eigenvalue weighted by Gasteiger charge is -2.04. The summed E-state index contributed by atoms with van der Waals surface area (Å²) in [6.45, 7) is 4.24. The molecule has 0 bridgehead atoms. The summed E-state index contributed by atoms with van der Waals surface area (Å²) in [6.07, 6.45) is 1.70. The lowest BCUT2D eigenvalue weighted by molar-refractivity contribution is 0.582. The van der Waals surface area contributed by atoms with Crippen molar-refractivity contribution in [1.29, 1.82) is 0 Å². The predicted octanol–water partition coefficient (Wildman–Crippen LogP) is 6.35. The highest BCUT2D eigenvalue weighted by molar-refractivity contribution is 7.13. The van der Waals surface area contributed by atoms with Crippen molar-refractivity contribution in [2.45, 2.75) is 13.8 Å². The summed E-state index contributed by atoms with van der Waals surface area (Å²) in [4.78, 5) is 4.86. The van der Waals surface area contributed by atoms with E-state index in [1.807, 2.05) is 18.2 Å². The van der Waals surface area contributed by atoms with Crippen molar-refractivity contribution in [2.24, 2.45) is 0 Å². The number of aromatic nitrogens is 1. The van der Waals surface area contributed by atoms with Gasteiger partial charge in [0.15, 0.2) is 0 Å². The third-order valence-electron chi connectivity index (χ3n) is 4.09. The van der Waals surface area contributed by atoms with Crippen molar-refractivity contribution in [2.75, 3.05) is 0 Å². The Morgan fingerprint density at radius 3 is 2.62 bits per heavy atom. The molecule has 4 aromatic rings. The number of hydrogen-bond acceptors (Lipinski definition) is 3. The number of benzene rings is 2. The molecule has 3 heteroatoms. The van der Waals surface area contributed by atoms with Crippen LogP contribution in [0.4, 0.5) is 0 Å². The quantitative estimate of drug-likeness (QED) is 0.437. The van der Waals surface area contributed by atoms with Crippen LogP contribution in [-0.4, -0.2) is 4.98 Å². The minimum atomic E-state index is 0.878. The third kappa shape index (κ3) is 2.79. The molecule has 0 unspecified atom stereocenters. The molecule has 0 amide bonds. The van der Waals surface area contributed by atoms with E-state index < -0.39 is 0 Å². The maximum atomic E-state index is 5.50. The molecule has 0 spiro atoms. The van der Waals surface area contributed by atoms with Gasteiger partial charge in [-0.2, -0.15) is 0 Å². The van der Waals surface area contributed by atoms with Gasteiger partial charge in [0.25, 0.3) is 0 Å². The highest BCUT2D eigenvalue weighted by atomic mass is 32.1. The van der Waals surface area contributed by atoms with E-state index in [1.54, 1.807) is 17.6 Å². The van der Waals surface area contributed by atoms with E-state index in [9.17, 15) is 0 Å². The molecule has 0 aliphatic carbocycles. The molecule has 2 aromatic carbocycles. The van der Waals surface area contributed by atoms with Crippen LogP contribution in [0, 0.1) is 13.8 Å². The monoisotopic (exact) mass is 331 g/mol. The number of rotatable bonds is 3. The van der Waals surface area contributed by atoms with E-state index in [4.69, 9.17) is 9.40 Å². The zero-order valence-corrected chi connectivity index (χ0v) is 14.4. The lowest BCUT2D eigenvalue weighted by Crippen LogP contribution is -1.85. The zero-order chi connectivity index (χ0) is 16.5. The van der Waals surface area contributed by atoms with Gasteiger partial charge in [-0.25, -0.2) is 4.98 Å². The molecule has 24 heavy (non-hydrogen) atoms. The average Bonchev–Trinajstić information content (AvgIpc) is 3.29. The molecule has 2 aromatic heterocycles. The maximum absolute atomic E-state index is 5.50. The Kier molecular flexibility index (Phi) is 3.79. The van der Waals surface area contributed by atoms with Crippen molar-refractivity contribution in [3.05, 3.63) is 77.4 Å². The largest absolute Gasteiger partial charge is 0.464 e. The molecule has 4 rings (SSSR count). The van der Waals surface area contributed by atoms with Crippen LogP contribution >= 0.6 is 11.3 Å². The molecular weight excluding hydrogens is 314 g/mol. The first-order valence-electron chi connectivity index (χ1n) is 7.88. The van der Waals surface area contributed by atoms with Crippen LogP contribution in [0.25, 0.3) is 33.2 Å². The van der Waals surface area contributed by atoms with Crippen LogP contribution in [0.2, 0.25) is 0 Å². The normalized spacial score (nSPS) is 10.9. The molecule has 0 radical (unpaired) electrons. The molecule has 0 aliphatic rings. The Morgan fingerprint density at radius 2 is 1.79 bits per heavy atom. The fourth-order valence-electron chi connectivity index (χ4n) is 2.79. The van der Waals surface area contributed by atoms with Gasteiger partial charge in [0.1, 0.15) is 10.8 Å². The third-order valence-corrected chi connectivity index (χ3v) is 4.98. The summed E-state index contributed by atoms with van der Waals surface area (Å²) in [5.74, 6) is 0.878. The SMILES string of the molecule is Cc1ccc(C)c(-c2csc(-c3cccc(-c4ccco4)c3)n2)c1. The van der Waals surface area contributed by atoms with E-state index in [1.165, 1.54) is 16.7 Å². The molecule has 0 saturated carbocycles. The molecule has 118 valence electrons. The zero-order valence-electron chi connectivity index (χ0n) is 13.6. The first kappa shape index (κ1) is 14.9. The van der Waals surface area contributed by atoms with E-state index >= 15 is 0 Å². The van der Waals surface area contributed by atoms with Crippen molar-refractivity contribution in [3.8, 4) is 33.2 Å². The van der Waals surface area contributed by atoms with Crippen LogP contribution in [0.1, 0.15) is 11.1 Å². The van der Waals surface area contributed by atoms with Gasteiger partial charge in [0, 0.05) is 22.1 Å². The van der Waals surface area contributed by atoms with E-state index in [0.717, 1.165) is 27.6 Å². The first-order valence-corrected chi connectivity index (χ1v) is 8.76. The topological polar surface area (TPSA) is 26.0 Å². The van der Waals surface area contributed by atoms with Gasteiger partial charge >= 0.3 is 0 Å². The smallest absolute Gasteiger partial charge is 0.133 e. The second-order valence-corrected chi connectivity index (χ2v) is 6.77. The standard InChI is InChI=1S/C21H17NOS/c1-14-8-9-15(2)18(11-14)19-13-24-21(22-19)17-6-3-5-16(12-17)20-7-4-10-23-20/h3-13H,1-2H3. The Morgan fingerprint density at radius 1 is 0.917 bits per heavy atom. The fourth-order valence-corrected chi connectivity index (χ4v) is 3.61. The first-order chi connectivity index (χ1) is 11.7. The Bertz CT molecular complexity index is 983. The summed E-state index contributed by atoms with van der Waals surface area (Å²) in [6, 6.07) is 18.7. The summed E-state index contributed by atoms with van der Waals surface area (Å²) in [5, 5.41) is 3.16. The van der Waals surface area contributed by atoms with Gasteiger partial charge in [0.05, 0.1) is 12.0 Å². The van der Waals surface area contributed by atoms with Gasteiger partial charge in [-0.1, -0.05) is 35.9 Å². The minimum absolute atomic E-state index is 0.878. The van der Waals surface area contributed by atoms with Crippen LogP contribution in [0.3, 0.4) is 0 Å². The second kappa shape index (κ2) is 6.10. The van der Waals surface area contributed by atoms with Gasteiger partial charge < -0.3 is 4.42 Å². The molecule has 0 atom stereocenters. The number of aryl methyl sites for hydroxylation is 2. The summed E-state index contributed by atoms with van der Waals surface area (Å²) < 4.78 is 5.50. The predicted molar refractivity (Wildman–Crippen MR) is 100 cm³/mol. The molecule has 0 fully saturated rings. The van der Waals surface area contributed by atoms with Crippen molar-refractivity contribution in [1.82, 2.24) is 4.98 Å². The fraction of sp³-hybridized carbons (Fsp3) is 0.0952. The van der Waals surface area contributed by atoms with Crippen molar-refractivity contribution < 1.29 is 4.42 Å². The summed E-state index contributed by atoms with van der Waals surface area (Å²) in [7, 11) is 0. The number of nitrogens with zero attached hydrogens (tertiary/aromatic N) is 1. The molecule has 2 heterocycles. The highest BCUT2D eigenvalue weighted by Crippen LogP contribution is 2.32. The number of hydrogen-bond donors (Lipinski definition) is 0.